The number of nitrogens with two attached hydrogens (primary N) is 2. The number of carbonyl (C=O) groups is 1. The first-order valence-electron chi connectivity index (χ1n) is 11.3. The molecule has 0 fully saturated rings. The van der Waals surface area contributed by atoms with Crippen LogP contribution in [0.25, 0.3) is 32.6 Å². The van der Waals surface area contributed by atoms with Gasteiger partial charge < -0.3 is 11.5 Å². The number of fused-ring (bicyclic) bond motifs is 1. The fourth-order valence-corrected chi connectivity index (χ4v) is 6.00. The predicted molar refractivity (Wildman–Crippen MR) is 156 cm³/mol. The van der Waals surface area contributed by atoms with Gasteiger partial charge in [-0.3, -0.25) is 10.1 Å². The van der Waals surface area contributed by atoms with Crippen molar-refractivity contribution in [1.82, 2.24) is 9.97 Å². The van der Waals surface area contributed by atoms with E-state index in [0.717, 1.165) is 32.6 Å². The molecule has 0 radical (unpaired) electrons. The molecule has 1 amide bonds. The minimum atomic E-state index is -0.393. The highest BCUT2D eigenvalue weighted by Crippen LogP contribution is 2.43. The molecule has 3 aromatic heterocycles. The molecular weight excluding hydrogens is 568 g/mol. The second-order valence-corrected chi connectivity index (χ2v) is 11.4. The molecule has 0 aliphatic rings. The average molecular weight is 590 g/mol. The van der Waals surface area contributed by atoms with Crippen molar-refractivity contribution in [3.05, 3.63) is 74.4 Å². The molecule has 0 aliphatic heterocycles. The Morgan fingerprint density at radius 2 is 1.73 bits per heavy atom. The molecule has 0 atom stereocenters. The van der Waals surface area contributed by atoms with Crippen molar-refractivity contribution in [2.45, 2.75) is 19.8 Å². The number of hydrogen-bond donors (Lipinski definition) is 3. The van der Waals surface area contributed by atoms with E-state index in [1.807, 2.05) is 53.9 Å². The van der Waals surface area contributed by atoms with Crippen LogP contribution >= 0.6 is 38.6 Å². The van der Waals surface area contributed by atoms with E-state index in [-0.39, 0.29) is 21.9 Å². The number of rotatable bonds is 5. The summed E-state index contributed by atoms with van der Waals surface area (Å²) in [7, 11) is 0. The number of aromatic nitrogens is 2. The van der Waals surface area contributed by atoms with Gasteiger partial charge in [0.2, 0.25) is 0 Å². The van der Waals surface area contributed by atoms with Crippen LogP contribution in [0.1, 0.15) is 40.6 Å². The van der Waals surface area contributed by atoms with Crippen LogP contribution in [-0.4, -0.2) is 15.9 Å². The van der Waals surface area contributed by atoms with E-state index < -0.39 is 5.91 Å². The second-order valence-electron chi connectivity index (χ2n) is 8.66. The SMILES string of the molecule is CC(C)c1ccc(-c2c(C#N)c(N)nc3sc(C(=O)Nc4nc(-c5ccc(Br)cc5)cs4)c(N)c23)cc1. The van der Waals surface area contributed by atoms with Crippen LogP contribution in [0.5, 0.6) is 0 Å². The summed E-state index contributed by atoms with van der Waals surface area (Å²) in [5, 5.41) is 15.6. The molecule has 0 unspecified atom stereocenters. The molecule has 0 spiro atoms. The number of thiophene rings is 1. The number of pyridine rings is 1. The lowest BCUT2D eigenvalue weighted by Gasteiger charge is -2.11. The molecule has 3 heterocycles. The lowest BCUT2D eigenvalue weighted by molar-refractivity contribution is 0.103. The van der Waals surface area contributed by atoms with Crippen LogP contribution in [0.4, 0.5) is 16.6 Å². The summed E-state index contributed by atoms with van der Waals surface area (Å²) in [6.45, 7) is 4.23. The van der Waals surface area contributed by atoms with Crippen molar-refractivity contribution in [2.24, 2.45) is 0 Å². The van der Waals surface area contributed by atoms with E-state index in [0.29, 0.717) is 26.8 Å². The summed E-state index contributed by atoms with van der Waals surface area (Å²) >= 11 is 5.90. The fourth-order valence-electron chi connectivity index (χ4n) is 4.01. The van der Waals surface area contributed by atoms with Gasteiger partial charge in [0.05, 0.1) is 11.4 Å². The number of halogens is 1. The minimum absolute atomic E-state index is 0.102. The number of nitrogens with one attached hydrogen (secondary N) is 1. The summed E-state index contributed by atoms with van der Waals surface area (Å²) in [4.78, 5) is 23.0. The number of amides is 1. The van der Waals surface area contributed by atoms with Gasteiger partial charge in [-0.25, -0.2) is 9.97 Å². The van der Waals surface area contributed by atoms with Gasteiger partial charge in [0.1, 0.15) is 27.2 Å². The first-order valence-corrected chi connectivity index (χ1v) is 13.8. The third kappa shape index (κ3) is 4.69. The molecule has 5 aromatic rings. The lowest BCUT2D eigenvalue weighted by atomic mass is 9.94. The van der Waals surface area contributed by atoms with Gasteiger partial charge in [-0.2, -0.15) is 5.26 Å². The van der Waals surface area contributed by atoms with Crippen molar-refractivity contribution < 1.29 is 4.79 Å². The molecule has 2 aromatic carbocycles. The summed E-state index contributed by atoms with van der Waals surface area (Å²) in [5.41, 5.74) is 17.4. The molecular formula is C27H21BrN6OS2. The van der Waals surface area contributed by atoms with Crippen molar-refractivity contribution in [3.8, 4) is 28.5 Å². The molecule has 0 aliphatic carbocycles. The zero-order valence-electron chi connectivity index (χ0n) is 19.9. The molecule has 184 valence electrons. The maximum Gasteiger partial charge on any atom is 0.269 e. The van der Waals surface area contributed by atoms with E-state index in [4.69, 9.17) is 11.5 Å². The molecule has 5 rings (SSSR count). The third-order valence-corrected chi connectivity index (χ3v) is 8.34. The molecule has 10 heteroatoms. The Labute approximate surface area is 229 Å². The maximum absolute atomic E-state index is 13.3. The Kier molecular flexibility index (Phi) is 6.69. The summed E-state index contributed by atoms with van der Waals surface area (Å²) < 4.78 is 0.976. The van der Waals surface area contributed by atoms with Crippen molar-refractivity contribution >= 4 is 71.4 Å². The number of nitrogen functional groups attached to an aromatic ring is 2. The van der Waals surface area contributed by atoms with Gasteiger partial charge in [-0.1, -0.05) is 66.2 Å². The Balaban J connectivity index is 1.54. The fraction of sp³-hybridized carbons (Fsp3) is 0.111. The number of benzene rings is 2. The van der Waals surface area contributed by atoms with Gasteiger partial charge in [0.25, 0.3) is 5.91 Å². The predicted octanol–water partition coefficient (Wildman–Crippen LogP) is 7.26. The van der Waals surface area contributed by atoms with Crippen LogP contribution in [0.3, 0.4) is 0 Å². The van der Waals surface area contributed by atoms with Crippen LogP contribution in [0, 0.1) is 11.3 Å². The Bertz CT molecular complexity index is 1680. The highest BCUT2D eigenvalue weighted by Gasteiger charge is 2.25. The van der Waals surface area contributed by atoms with Gasteiger partial charge >= 0.3 is 0 Å². The number of carbonyl (C=O) groups excluding carboxylic acids is 1. The lowest BCUT2D eigenvalue weighted by Crippen LogP contribution is -2.11. The van der Waals surface area contributed by atoms with Crippen LogP contribution in [0.15, 0.2) is 58.4 Å². The van der Waals surface area contributed by atoms with Crippen molar-refractivity contribution in [2.75, 3.05) is 16.8 Å². The van der Waals surface area contributed by atoms with Crippen LogP contribution < -0.4 is 16.8 Å². The van der Waals surface area contributed by atoms with E-state index in [2.05, 4.69) is 51.1 Å². The maximum atomic E-state index is 13.3. The number of thiazole rings is 1. The Morgan fingerprint density at radius 1 is 1.05 bits per heavy atom. The van der Waals surface area contributed by atoms with E-state index in [1.54, 1.807) is 0 Å². The third-order valence-electron chi connectivity index (χ3n) is 5.95. The molecule has 0 saturated carbocycles. The number of anilines is 3. The number of nitriles is 1. The summed E-state index contributed by atoms with van der Waals surface area (Å²) in [5.74, 6) is 0.0734. The quantitative estimate of drug-likeness (QED) is 0.198. The highest BCUT2D eigenvalue weighted by molar-refractivity contribution is 9.10. The van der Waals surface area contributed by atoms with E-state index in [9.17, 15) is 10.1 Å². The normalized spacial score (nSPS) is 11.1. The minimum Gasteiger partial charge on any atom is -0.397 e. The van der Waals surface area contributed by atoms with Gasteiger partial charge in [-0.05, 0) is 29.2 Å². The first kappa shape index (κ1) is 24.9. The number of hydrogen-bond acceptors (Lipinski definition) is 8. The zero-order chi connectivity index (χ0) is 26.3. The number of nitrogens with zero attached hydrogens (tertiary/aromatic N) is 3. The zero-order valence-corrected chi connectivity index (χ0v) is 23.1. The Hall–Kier alpha value is -3.78. The topological polar surface area (TPSA) is 131 Å². The van der Waals surface area contributed by atoms with Crippen molar-refractivity contribution in [3.63, 3.8) is 0 Å². The highest BCUT2D eigenvalue weighted by atomic mass is 79.9. The molecule has 37 heavy (non-hydrogen) atoms. The molecule has 5 N–H and O–H groups in total. The molecule has 0 bridgehead atoms. The van der Waals surface area contributed by atoms with E-state index in [1.165, 1.54) is 16.9 Å². The largest absolute Gasteiger partial charge is 0.397 e. The van der Waals surface area contributed by atoms with Gasteiger partial charge in [0.15, 0.2) is 5.13 Å². The Morgan fingerprint density at radius 3 is 2.38 bits per heavy atom. The van der Waals surface area contributed by atoms with Crippen LogP contribution in [0.2, 0.25) is 0 Å². The summed E-state index contributed by atoms with van der Waals surface area (Å²) in [6, 6.07) is 17.9. The monoisotopic (exact) mass is 588 g/mol. The molecule has 0 saturated heterocycles. The van der Waals surface area contributed by atoms with E-state index >= 15 is 0 Å². The van der Waals surface area contributed by atoms with Crippen LogP contribution in [-0.2, 0) is 0 Å². The van der Waals surface area contributed by atoms with Gasteiger partial charge in [-0.15, -0.1) is 22.7 Å². The smallest absolute Gasteiger partial charge is 0.269 e. The van der Waals surface area contributed by atoms with Crippen molar-refractivity contribution in [1.29, 1.82) is 5.26 Å². The molecule has 7 nitrogen and oxygen atoms in total. The summed E-state index contributed by atoms with van der Waals surface area (Å²) in [6.07, 6.45) is 0. The standard InChI is InChI=1S/C27H21BrN6OS2/c1-13(2)14-3-5-16(6-4-14)20-18(11-29)24(31)33-26-21(20)22(30)23(37-26)25(35)34-27-32-19(12-36-27)15-7-9-17(28)10-8-15/h3-10,12-13H,30H2,1-2H3,(H2,31,33)(H,32,34,35). The average Bonchev–Trinajstić information content (AvgIpc) is 3.48. The second kappa shape index (κ2) is 9.94. The first-order chi connectivity index (χ1) is 17.8. The van der Waals surface area contributed by atoms with Gasteiger partial charge in [0, 0.05) is 26.4 Å².